The third kappa shape index (κ3) is 5.58. The number of aromatic nitrogens is 3. The van der Waals surface area contributed by atoms with E-state index >= 15 is 0 Å². The van der Waals surface area contributed by atoms with Crippen molar-refractivity contribution in [3.63, 3.8) is 0 Å². The summed E-state index contributed by atoms with van der Waals surface area (Å²) in [6.45, 7) is 1.93. The van der Waals surface area contributed by atoms with Gasteiger partial charge in [-0.3, -0.25) is 4.79 Å². The average molecular weight is 279 g/mol. The summed E-state index contributed by atoms with van der Waals surface area (Å²) in [6, 6.07) is 0. The molecule has 0 aliphatic carbocycles. The second kappa shape index (κ2) is 5.89. The molecule has 0 saturated heterocycles. The molecule has 0 spiro atoms. The SMILES string of the molecule is CC(C)CN(CC(F)(F)F)C(=O)Cn1cnc(N)n1. The smallest absolute Gasteiger partial charge is 0.367 e. The number of nitrogens with two attached hydrogens (primary N) is 1. The van der Waals surface area contributed by atoms with E-state index in [0.29, 0.717) is 0 Å². The fourth-order valence-corrected chi connectivity index (χ4v) is 1.54. The molecule has 9 heteroatoms. The third-order valence-corrected chi connectivity index (χ3v) is 2.16. The van der Waals surface area contributed by atoms with Gasteiger partial charge < -0.3 is 10.6 Å². The van der Waals surface area contributed by atoms with Gasteiger partial charge in [0.05, 0.1) is 0 Å². The number of nitrogens with zero attached hydrogens (tertiary/aromatic N) is 4. The van der Waals surface area contributed by atoms with Crippen molar-refractivity contribution in [3.8, 4) is 0 Å². The van der Waals surface area contributed by atoms with Crippen LogP contribution in [0, 0.1) is 5.92 Å². The van der Waals surface area contributed by atoms with Crippen LogP contribution in [-0.2, 0) is 11.3 Å². The Bertz CT molecular complexity index is 429. The molecular weight excluding hydrogens is 263 g/mol. The molecule has 0 aromatic carbocycles. The molecule has 0 aliphatic heterocycles. The van der Waals surface area contributed by atoms with E-state index in [2.05, 4.69) is 10.1 Å². The van der Waals surface area contributed by atoms with Gasteiger partial charge in [0, 0.05) is 6.54 Å². The minimum absolute atomic E-state index is 0.0287. The predicted molar refractivity (Wildman–Crippen MR) is 61.9 cm³/mol. The predicted octanol–water partition coefficient (Wildman–Crippen LogP) is 0.907. The van der Waals surface area contributed by atoms with Crippen LogP contribution in [0.2, 0.25) is 0 Å². The van der Waals surface area contributed by atoms with E-state index in [0.717, 1.165) is 9.58 Å². The highest BCUT2D eigenvalue weighted by molar-refractivity contribution is 5.76. The van der Waals surface area contributed by atoms with Crippen LogP contribution >= 0.6 is 0 Å². The molecule has 108 valence electrons. The Labute approximate surface area is 108 Å². The first-order valence-electron chi connectivity index (χ1n) is 5.67. The standard InChI is InChI=1S/C10H16F3N5O/c1-7(2)3-17(5-10(11,12)13)8(19)4-18-6-15-9(14)16-18/h6-7H,3-5H2,1-2H3,(H2,14,16). The zero-order valence-corrected chi connectivity index (χ0v) is 10.7. The lowest BCUT2D eigenvalue weighted by Gasteiger charge is -2.25. The Morgan fingerprint density at radius 2 is 2.16 bits per heavy atom. The highest BCUT2D eigenvalue weighted by Gasteiger charge is 2.33. The van der Waals surface area contributed by atoms with Gasteiger partial charge in [0.25, 0.3) is 0 Å². The molecule has 1 heterocycles. The minimum atomic E-state index is -4.42. The van der Waals surface area contributed by atoms with Crippen molar-refractivity contribution in [3.05, 3.63) is 6.33 Å². The van der Waals surface area contributed by atoms with Gasteiger partial charge in [-0.15, -0.1) is 5.10 Å². The molecule has 0 radical (unpaired) electrons. The fraction of sp³-hybridized carbons (Fsp3) is 0.700. The number of hydrogen-bond acceptors (Lipinski definition) is 4. The van der Waals surface area contributed by atoms with Crippen LogP contribution in [0.3, 0.4) is 0 Å². The van der Waals surface area contributed by atoms with Crippen molar-refractivity contribution in [1.82, 2.24) is 19.7 Å². The molecule has 0 bridgehead atoms. The van der Waals surface area contributed by atoms with Gasteiger partial charge in [0.15, 0.2) is 0 Å². The van der Waals surface area contributed by atoms with E-state index in [9.17, 15) is 18.0 Å². The molecule has 1 aromatic rings. The van der Waals surface area contributed by atoms with Crippen LogP contribution < -0.4 is 5.73 Å². The van der Waals surface area contributed by atoms with Crippen molar-refractivity contribution >= 4 is 11.9 Å². The number of alkyl halides is 3. The lowest BCUT2D eigenvalue weighted by molar-refractivity contribution is -0.162. The van der Waals surface area contributed by atoms with Crippen LogP contribution in [0.5, 0.6) is 0 Å². The Kier molecular flexibility index (Phi) is 4.73. The van der Waals surface area contributed by atoms with Crippen molar-refractivity contribution in [2.45, 2.75) is 26.6 Å². The molecule has 2 N–H and O–H groups in total. The van der Waals surface area contributed by atoms with Crippen LogP contribution in [0.15, 0.2) is 6.33 Å². The Morgan fingerprint density at radius 3 is 2.58 bits per heavy atom. The van der Waals surface area contributed by atoms with Crippen LogP contribution in [-0.4, -0.2) is 44.8 Å². The van der Waals surface area contributed by atoms with Crippen LogP contribution in [0.1, 0.15) is 13.8 Å². The second-order valence-electron chi connectivity index (χ2n) is 4.58. The van der Waals surface area contributed by atoms with Crippen LogP contribution in [0.4, 0.5) is 19.1 Å². The highest BCUT2D eigenvalue weighted by atomic mass is 19.4. The van der Waals surface area contributed by atoms with Gasteiger partial charge in [-0.2, -0.15) is 13.2 Å². The molecule has 6 nitrogen and oxygen atoms in total. The fourth-order valence-electron chi connectivity index (χ4n) is 1.54. The zero-order chi connectivity index (χ0) is 14.6. The third-order valence-electron chi connectivity index (χ3n) is 2.16. The quantitative estimate of drug-likeness (QED) is 0.869. The average Bonchev–Trinajstić information content (AvgIpc) is 2.60. The van der Waals surface area contributed by atoms with E-state index in [1.54, 1.807) is 13.8 Å². The Morgan fingerprint density at radius 1 is 1.53 bits per heavy atom. The Balaban J connectivity index is 2.70. The number of hydrogen-bond donors (Lipinski definition) is 1. The number of halogens is 3. The highest BCUT2D eigenvalue weighted by Crippen LogP contribution is 2.17. The van der Waals surface area contributed by atoms with Gasteiger partial charge >= 0.3 is 6.18 Å². The summed E-state index contributed by atoms with van der Waals surface area (Å²) in [5.74, 6) is -0.762. The molecular formula is C10H16F3N5O. The van der Waals surface area contributed by atoms with Crippen molar-refractivity contribution in [1.29, 1.82) is 0 Å². The molecule has 19 heavy (non-hydrogen) atoms. The first kappa shape index (κ1) is 15.3. The maximum absolute atomic E-state index is 12.4. The van der Waals surface area contributed by atoms with Crippen molar-refractivity contribution < 1.29 is 18.0 Å². The molecule has 0 fully saturated rings. The minimum Gasteiger partial charge on any atom is -0.367 e. The maximum Gasteiger partial charge on any atom is 0.406 e. The summed E-state index contributed by atoms with van der Waals surface area (Å²) >= 11 is 0. The molecule has 0 aliphatic rings. The summed E-state index contributed by atoms with van der Waals surface area (Å²) < 4.78 is 38.3. The summed E-state index contributed by atoms with van der Waals surface area (Å²) in [5, 5.41) is 3.66. The van der Waals surface area contributed by atoms with Gasteiger partial charge in [0.2, 0.25) is 11.9 Å². The van der Waals surface area contributed by atoms with Gasteiger partial charge in [-0.1, -0.05) is 13.8 Å². The first-order valence-corrected chi connectivity index (χ1v) is 5.67. The topological polar surface area (TPSA) is 77.0 Å². The summed E-state index contributed by atoms with van der Waals surface area (Å²) in [6.07, 6.45) is -3.22. The zero-order valence-electron chi connectivity index (χ0n) is 10.7. The number of amides is 1. The maximum atomic E-state index is 12.4. The number of carbonyl (C=O) groups is 1. The molecule has 1 amide bonds. The number of carbonyl (C=O) groups excluding carboxylic acids is 1. The van der Waals surface area contributed by atoms with Crippen molar-refractivity contribution in [2.24, 2.45) is 5.92 Å². The van der Waals surface area contributed by atoms with E-state index in [1.807, 2.05) is 0 Å². The lowest BCUT2D eigenvalue weighted by atomic mass is 10.2. The van der Waals surface area contributed by atoms with E-state index in [-0.39, 0.29) is 25.0 Å². The van der Waals surface area contributed by atoms with Crippen LogP contribution in [0.25, 0.3) is 0 Å². The summed E-state index contributed by atoms with van der Waals surface area (Å²) in [4.78, 5) is 16.2. The Hall–Kier alpha value is -1.80. The monoisotopic (exact) mass is 279 g/mol. The molecule has 0 atom stereocenters. The molecule has 1 aromatic heterocycles. The van der Waals surface area contributed by atoms with E-state index < -0.39 is 18.6 Å². The molecule has 0 saturated carbocycles. The number of rotatable bonds is 5. The van der Waals surface area contributed by atoms with Gasteiger partial charge in [-0.25, -0.2) is 9.67 Å². The van der Waals surface area contributed by atoms with E-state index in [4.69, 9.17) is 5.73 Å². The summed E-state index contributed by atoms with van der Waals surface area (Å²) in [7, 11) is 0. The molecule has 0 unspecified atom stereocenters. The normalized spacial score (nSPS) is 11.9. The van der Waals surface area contributed by atoms with Gasteiger partial charge in [-0.05, 0) is 5.92 Å². The lowest BCUT2D eigenvalue weighted by Crippen LogP contribution is -2.42. The first-order chi connectivity index (χ1) is 8.67. The second-order valence-corrected chi connectivity index (χ2v) is 4.58. The number of nitrogen functional groups attached to an aromatic ring is 1. The van der Waals surface area contributed by atoms with Crippen molar-refractivity contribution in [2.75, 3.05) is 18.8 Å². The molecule has 1 rings (SSSR count). The summed E-state index contributed by atoms with van der Waals surface area (Å²) in [5.41, 5.74) is 5.26. The van der Waals surface area contributed by atoms with E-state index in [1.165, 1.54) is 6.33 Å². The number of anilines is 1. The van der Waals surface area contributed by atoms with Gasteiger partial charge in [0.1, 0.15) is 19.4 Å². The largest absolute Gasteiger partial charge is 0.406 e.